The third kappa shape index (κ3) is 2.46. The maximum Gasteiger partial charge on any atom is 0.230 e. The van der Waals surface area contributed by atoms with E-state index in [1.807, 2.05) is 4.90 Å². The van der Waals surface area contributed by atoms with Crippen LogP contribution in [0.1, 0.15) is 6.42 Å². The zero-order valence-electron chi connectivity index (χ0n) is 10.4. The van der Waals surface area contributed by atoms with Crippen LogP contribution in [-0.4, -0.2) is 31.5 Å². The molecule has 0 unspecified atom stereocenters. The van der Waals surface area contributed by atoms with Gasteiger partial charge in [0.05, 0.1) is 12.0 Å². The number of fused-ring (bicyclic) bond motifs is 1. The van der Waals surface area contributed by atoms with E-state index in [1.165, 1.54) is 6.04 Å². The molecule has 0 radical (unpaired) electrons. The maximum atomic E-state index is 12.0. The van der Waals surface area contributed by atoms with Crippen LogP contribution in [0.4, 0.5) is 0 Å². The summed E-state index contributed by atoms with van der Waals surface area (Å²) in [5.41, 5.74) is 0. The highest BCUT2D eigenvalue weighted by molar-refractivity contribution is 6.76. The van der Waals surface area contributed by atoms with E-state index >= 15 is 0 Å². The Bertz CT molecular complexity index is 340. The average molecular weight is 235 g/mol. The third-order valence-electron chi connectivity index (χ3n) is 3.25. The summed E-state index contributed by atoms with van der Waals surface area (Å²) in [6.07, 6.45) is 9.64. The van der Waals surface area contributed by atoms with E-state index in [0.29, 0.717) is 11.9 Å². The van der Waals surface area contributed by atoms with Gasteiger partial charge < -0.3 is 4.90 Å². The topological polar surface area (TPSA) is 20.3 Å². The fourth-order valence-electron chi connectivity index (χ4n) is 2.35. The summed E-state index contributed by atoms with van der Waals surface area (Å²) in [6, 6.07) is 1.56. The first kappa shape index (κ1) is 11.6. The van der Waals surface area contributed by atoms with Gasteiger partial charge in [-0.2, -0.15) is 0 Å². The molecule has 1 amide bonds. The molecule has 2 aliphatic rings. The van der Waals surface area contributed by atoms with Crippen LogP contribution in [0.2, 0.25) is 25.7 Å². The van der Waals surface area contributed by atoms with Crippen LogP contribution in [0.15, 0.2) is 24.3 Å². The van der Waals surface area contributed by atoms with Gasteiger partial charge in [0, 0.05) is 14.6 Å². The van der Waals surface area contributed by atoms with Gasteiger partial charge in [0.15, 0.2) is 0 Å². The Kier molecular flexibility index (Phi) is 3.06. The summed E-state index contributed by atoms with van der Waals surface area (Å²) >= 11 is 0. The zero-order valence-corrected chi connectivity index (χ0v) is 11.4. The van der Waals surface area contributed by atoms with Crippen molar-refractivity contribution in [1.82, 2.24) is 4.90 Å². The minimum Gasteiger partial charge on any atom is -0.332 e. The molecule has 16 heavy (non-hydrogen) atoms. The number of hydrogen-bond acceptors (Lipinski definition) is 1. The molecule has 3 heteroatoms. The molecule has 0 N–H and O–H groups in total. The SMILES string of the molecule is C[Si](C)(C)C/C=C/[C@H]1C[C@@H]2C=CCN2C1=O. The second kappa shape index (κ2) is 4.21. The van der Waals surface area contributed by atoms with Gasteiger partial charge in [-0.05, 0) is 12.5 Å². The number of carbonyl (C=O) groups excluding carboxylic acids is 1. The largest absolute Gasteiger partial charge is 0.332 e. The van der Waals surface area contributed by atoms with Gasteiger partial charge in [0.2, 0.25) is 5.91 Å². The number of nitrogens with zero attached hydrogens (tertiary/aromatic N) is 1. The maximum absolute atomic E-state index is 12.0. The summed E-state index contributed by atoms with van der Waals surface area (Å²) in [5, 5.41) is 0. The highest BCUT2D eigenvalue weighted by Crippen LogP contribution is 2.29. The molecule has 2 aliphatic heterocycles. The number of hydrogen-bond donors (Lipinski definition) is 0. The molecule has 0 aromatic heterocycles. The van der Waals surface area contributed by atoms with E-state index in [4.69, 9.17) is 0 Å². The summed E-state index contributed by atoms with van der Waals surface area (Å²) in [6.45, 7) is 7.89. The lowest BCUT2D eigenvalue weighted by Gasteiger charge is -2.14. The Hall–Kier alpha value is -0.833. The molecule has 2 nitrogen and oxygen atoms in total. The van der Waals surface area contributed by atoms with E-state index in [1.54, 1.807) is 0 Å². The van der Waals surface area contributed by atoms with Gasteiger partial charge >= 0.3 is 0 Å². The van der Waals surface area contributed by atoms with Crippen molar-refractivity contribution in [3.05, 3.63) is 24.3 Å². The lowest BCUT2D eigenvalue weighted by molar-refractivity contribution is -0.129. The average Bonchev–Trinajstić information content (AvgIpc) is 2.69. The lowest BCUT2D eigenvalue weighted by Crippen LogP contribution is -2.28. The Morgan fingerprint density at radius 1 is 1.50 bits per heavy atom. The van der Waals surface area contributed by atoms with Gasteiger partial charge in [0.1, 0.15) is 0 Å². The zero-order chi connectivity index (χ0) is 11.8. The molecule has 1 fully saturated rings. The molecule has 0 aliphatic carbocycles. The summed E-state index contributed by atoms with van der Waals surface area (Å²) < 4.78 is 0. The predicted molar refractivity (Wildman–Crippen MR) is 70.0 cm³/mol. The molecule has 0 aromatic rings. The Morgan fingerprint density at radius 2 is 2.25 bits per heavy atom. The van der Waals surface area contributed by atoms with Gasteiger partial charge in [-0.15, -0.1) is 0 Å². The highest BCUT2D eigenvalue weighted by atomic mass is 28.3. The van der Waals surface area contributed by atoms with Gasteiger partial charge in [-0.1, -0.05) is 43.9 Å². The smallest absolute Gasteiger partial charge is 0.230 e. The van der Waals surface area contributed by atoms with E-state index in [2.05, 4.69) is 43.9 Å². The third-order valence-corrected chi connectivity index (χ3v) is 4.72. The molecule has 88 valence electrons. The highest BCUT2D eigenvalue weighted by Gasteiger charge is 2.37. The number of allylic oxidation sites excluding steroid dienone is 1. The van der Waals surface area contributed by atoms with E-state index in [9.17, 15) is 4.79 Å². The van der Waals surface area contributed by atoms with Gasteiger partial charge in [0.25, 0.3) is 0 Å². The Morgan fingerprint density at radius 3 is 2.88 bits per heavy atom. The van der Waals surface area contributed by atoms with E-state index in [0.717, 1.165) is 13.0 Å². The van der Waals surface area contributed by atoms with Crippen molar-refractivity contribution >= 4 is 14.0 Å². The number of amides is 1. The van der Waals surface area contributed by atoms with Crippen LogP contribution in [0.3, 0.4) is 0 Å². The molecule has 2 heterocycles. The summed E-state index contributed by atoms with van der Waals surface area (Å²) in [7, 11) is -1.01. The van der Waals surface area contributed by atoms with Gasteiger partial charge in [-0.25, -0.2) is 0 Å². The first-order chi connectivity index (χ1) is 7.47. The van der Waals surface area contributed by atoms with Crippen molar-refractivity contribution in [3.63, 3.8) is 0 Å². The lowest BCUT2D eigenvalue weighted by atomic mass is 10.0. The van der Waals surface area contributed by atoms with Gasteiger partial charge in [-0.3, -0.25) is 4.79 Å². The summed E-state index contributed by atoms with van der Waals surface area (Å²) in [4.78, 5) is 14.0. The van der Waals surface area contributed by atoms with Crippen LogP contribution < -0.4 is 0 Å². The molecule has 0 spiro atoms. The van der Waals surface area contributed by atoms with Crippen molar-refractivity contribution in [2.75, 3.05) is 6.54 Å². The normalized spacial score (nSPS) is 29.4. The molecule has 1 saturated heterocycles. The van der Waals surface area contributed by atoms with E-state index < -0.39 is 8.07 Å². The van der Waals surface area contributed by atoms with Crippen molar-refractivity contribution < 1.29 is 4.79 Å². The Labute approximate surface area is 99.0 Å². The van der Waals surface area contributed by atoms with Crippen LogP contribution in [0, 0.1) is 5.92 Å². The monoisotopic (exact) mass is 235 g/mol. The molecule has 0 bridgehead atoms. The molecular weight excluding hydrogens is 214 g/mol. The minimum absolute atomic E-state index is 0.145. The fourth-order valence-corrected chi connectivity index (χ4v) is 3.19. The van der Waals surface area contributed by atoms with Crippen LogP contribution in [0.5, 0.6) is 0 Å². The molecule has 0 saturated carbocycles. The first-order valence-corrected chi connectivity index (χ1v) is 9.82. The van der Waals surface area contributed by atoms with Crippen LogP contribution >= 0.6 is 0 Å². The number of rotatable bonds is 3. The van der Waals surface area contributed by atoms with Crippen molar-refractivity contribution in [1.29, 1.82) is 0 Å². The molecule has 0 aromatic carbocycles. The molecular formula is C13H21NOSi. The first-order valence-electron chi connectivity index (χ1n) is 6.11. The number of carbonyl (C=O) groups is 1. The van der Waals surface area contributed by atoms with Crippen molar-refractivity contribution in [2.24, 2.45) is 5.92 Å². The molecule has 2 atom stereocenters. The van der Waals surface area contributed by atoms with Crippen LogP contribution in [0.25, 0.3) is 0 Å². The predicted octanol–water partition coefficient (Wildman–Crippen LogP) is 2.67. The second-order valence-electron chi connectivity index (χ2n) is 6.02. The standard InChI is InChI=1S/C13H21NOSi/c1-16(2,3)9-5-6-11-10-12-7-4-8-14(12)13(11)15/h4-7,11-12H,8-10H2,1-3H3/b6-5+/t11-,12-/m0/s1. The van der Waals surface area contributed by atoms with Crippen molar-refractivity contribution in [3.8, 4) is 0 Å². The Balaban J connectivity index is 1.92. The fraction of sp³-hybridized carbons (Fsp3) is 0.615. The second-order valence-corrected chi connectivity index (χ2v) is 11.6. The molecule has 2 rings (SSSR count). The van der Waals surface area contributed by atoms with Crippen molar-refractivity contribution in [2.45, 2.75) is 38.1 Å². The quantitative estimate of drug-likeness (QED) is 0.544. The van der Waals surface area contributed by atoms with E-state index in [-0.39, 0.29) is 5.92 Å². The van der Waals surface area contributed by atoms with Crippen LogP contribution in [-0.2, 0) is 4.79 Å². The summed E-state index contributed by atoms with van der Waals surface area (Å²) in [5.74, 6) is 0.466. The minimum atomic E-state index is -1.01.